The van der Waals surface area contributed by atoms with Crippen LogP contribution in [-0.4, -0.2) is 87.4 Å². The summed E-state index contributed by atoms with van der Waals surface area (Å²) >= 11 is 5.56. The molecule has 2 aromatic rings. The molecule has 10 nitrogen and oxygen atoms in total. The first-order valence-corrected chi connectivity index (χ1v) is 12.7. The Balaban J connectivity index is 0.000000274. The van der Waals surface area contributed by atoms with Crippen molar-refractivity contribution >= 4 is 35.3 Å². The Morgan fingerprint density at radius 2 is 1.54 bits per heavy atom. The molecule has 0 aromatic heterocycles. The molecule has 11 heteroatoms. The van der Waals surface area contributed by atoms with E-state index in [0.29, 0.717) is 24.7 Å². The van der Waals surface area contributed by atoms with Gasteiger partial charge in [-0.3, -0.25) is 14.4 Å². The number of carbonyl (C=O) groups excluding carboxylic acids is 3. The molecule has 0 spiro atoms. The summed E-state index contributed by atoms with van der Waals surface area (Å²) < 4.78 is 20.3. The SMILES string of the molecule is COC(=O)CN(Cc1ccc(C)cc1OC)C(=O)CCl.COC1=NCC(=O)N(Cc2ccc(C)cc2OC)C1. The van der Waals surface area contributed by atoms with Gasteiger partial charge in [0, 0.05) is 24.2 Å². The van der Waals surface area contributed by atoms with Crippen LogP contribution in [0.3, 0.4) is 0 Å². The molecule has 0 saturated carbocycles. The Kier molecular flexibility index (Phi) is 12.6. The lowest BCUT2D eigenvalue weighted by atomic mass is 10.1. The number of aryl methyl sites for hydroxylation is 2. The van der Waals surface area contributed by atoms with Crippen molar-refractivity contribution in [2.45, 2.75) is 26.9 Å². The number of hydrogen-bond acceptors (Lipinski definition) is 8. The Hall–Kier alpha value is -3.79. The van der Waals surface area contributed by atoms with Gasteiger partial charge in [0.15, 0.2) is 0 Å². The summed E-state index contributed by atoms with van der Waals surface area (Å²) in [5.41, 5.74) is 3.97. The second-order valence-corrected chi connectivity index (χ2v) is 9.02. The fourth-order valence-electron chi connectivity index (χ4n) is 3.74. The van der Waals surface area contributed by atoms with Gasteiger partial charge in [-0.25, -0.2) is 4.99 Å². The van der Waals surface area contributed by atoms with Crippen LogP contribution < -0.4 is 9.47 Å². The van der Waals surface area contributed by atoms with Crippen LogP contribution in [0.15, 0.2) is 41.4 Å². The van der Waals surface area contributed by atoms with Gasteiger partial charge in [-0.05, 0) is 37.1 Å². The largest absolute Gasteiger partial charge is 0.496 e. The second kappa shape index (κ2) is 15.6. The van der Waals surface area contributed by atoms with E-state index < -0.39 is 5.97 Å². The molecule has 0 unspecified atom stereocenters. The van der Waals surface area contributed by atoms with Gasteiger partial charge in [-0.15, -0.1) is 11.6 Å². The Morgan fingerprint density at radius 1 is 0.949 bits per heavy atom. The predicted octanol–water partition coefficient (Wildman–Crippen LogP) is 3.13. The van der Waals surface area contributed by atoms with Gasteiger partial charge in [0.2, 0.25) is 17.7 Å². The van der Waals surface area contributed by atoms with Gasteiger partial charge >= 0.3 is 5.97 Å². The van der Waals surface area contributed by atoms with Gasteiger partial charge in [0.1, 0.15) is 30.5 Å². The first-order chi connectivity index (χ1) is 18.6. The van der Waals surface area contributed by atoms with Crippen molar-refractivity contribution in [1.29, 1.82) is 0 Å². The summed E-state index contributed by atoms with van der Waals surface area (Å²) in [7, 11) is 6.04. The van der Waals surface area contributed by atoms with Crippen molar-refractivity contribution in [2.24, 2.45) is 4.99 Å². The molecule has 1 heterocycles. The zero-order valence-electron chi connectivity index (χ0n) is 23.3. The Labute approximate surface area is 234 Å². The maximum absolute atomic E-state index is 11.8. The lowest BCUT2D eigenvalue weighted by Crippen LogP contribution is -2.41. The Morgan fingerprint density at radius 3 is 2.08 bits per heavy atom. The first kappa shape index (κ1) is 31.4. The number of hydrogen-bond donors (Lipinski definition) is 0. The van der Waals surface area contributed by atoms with Crippen LogP contribution in [0, 0.1) is 13.8 Å². The molecule has 2 amide bonds. The molecule has 0 aliphatic carbocycles. The number of methoxy groups -OCH3 is 4. The molecule has 0 radical (unpaired) electrons. The minimum atomic E-state index is -0.491. The van der Waals surface area contributed by atoms with Crippen LogP contribution in [0.2, 0.25) is 0 Å². The van der Waals surface area contributed by atoms with E-state index in [1.54, 1.807) is 26.2 Å². The van der Waals surface area contributed by atoms with Crippen molar-refractivity contribution < 1.29 is 33.3 Å². The fraction of sp³-hybridized carbons (Fsp3) is 0.429. The number of alkyl halides is 1. The summed E-state index contributed by atoms with van der Waals surface area (Å²) in [5.74, 6) is 1.05. The number of carbonyl (C=O) groups is 3. The van der Waals surface area contributed by atoms with Gasteiger partial charge in [-0.2, -0.15) is 0 Å². The molecule has 2 aromatic carbocycles. The number of halogens is 1. The number of benzene rings is 2. The van der Waals surface area contributed by atoms with Crippen molar-refractivity contribution in [1.82, 2.24) is 9.80 Å². The van der Waals surface area contributed by atoms with Crippen LogP contribution in [0.5, 0.6) is 11.5 Å². The summed E-state index contributed by atoms with van der Waals surface area (Å²) in [5, 5.41) is 0. The van der Waals surface area contributed by atoms with E-state index >= 15 is 0 Å². The molecule has 0 bridgehead atoms. The quantitative estimate of drug-likeness (QED) is 0.342. The van der Waals surface area contributed by atoms with E-state index in [1.165, 1.54) is 12.0 Å². The van der Waals surface area contributed by atoms with Gasteiger partial charge in [-0.1, -0.05) is 24.3 Å². The van der Waals surface area contributed by atoms with E-state index in [-0.39, 0.29) is 37.3 Å². The topological polar surface area (TPSA) is 107 Å². The van der Waals surface area contributed by atoms with Crippen LogP contribution >= 0.6 is 11.6 Å². The Bertz CT molecular complexity index is 1190. The van der Waals surface area contributed by atoms with E-state index in [0.717, 1.165) is 28.0 Å². The number of nitrogens with zero attached hydrogens (tertiary/aromatic N) is 3. The average molecular weight is 562 g/mol. The fourth-order valence-corrected chi connectivity index (χ4v) is 3.91. The molecular formula is C28H36ClN3O7. The highest BCUT2D eigenvalue weighted by atomic mass is 35.5. The zero-order valence-corrected chi connectivity index (χ0v) is 24.0. The number of esters is 1. The lowest BCUT2D eigenvalue weighted by molar-refractivity contribution is -0.146. The highest BCUT2D eigenvalue weighted by Crippen LogP contribution is 2.23. The smallest absolute Gasteiger partial charge is 0.325 e. The van der Waals surface area contributed by atoms with Crippen molar-refractivity contribution in [2.75, 3.05) is 54.0 Å². The van der Waals surface area contributed by atoms with Gasteiger partial charge < -0.3 is 28.7 Å². The van der Waals surface area contributed by atoms with E-state index in [9.17, 15) is 14.4 Å². The van der Waals surface area contributed by atoms with Crippen molar-refractivity contribution in [3.8, 4) is 11.5 Å². The molecule has 1 aliphatic rings. The minimum Gasteiger partial charge on any atom is -0.496 e. The highest BCUT2D eigenvalue weighted by Gasteiger charge is 2.22. The van der Waals surface area contributed by atoms with Crippen LogP contribution in [0.1, 0.15) is 22.3 Å². The molecule has 3 rings (SSSR count). The number of rotatable bonds is 9. The molecule has 212 valence electrons. The van der Waals surface area contributed by atoms with Crippen molar-refractivity contribution in [3.05, 3.63) is 58.7 Å². The number of amides is 2. The van der Waals surface area contributed by atoms with E-state index in [1.807, 2.05) is 50.2 Å². The predicted molar refractivity (Wildman–Crippen MR) is 148 cm³/mol. The maximum atomic E-state index is 11.8. The highest BCUT2D eigenvalue weighted by molar-refractivity contribution is 6.27. The van der Waals surface area contributed by atoms with Crippen LogP contribution in [0.25, 0.3) is 0 Å². The summed E-state index contributed by atoms with van der Waals surface area (Å²) in [4.78, 5) is 42.1. The third-order valence-electron chi connectivity index (χ3n) is 5.93. The van der Waals surface area contributed by atoms with E-state index in [2.05, 4.69) is 9.73 Å². The number of aliphatic imine (C=N–C) groups is 1. The average Bonchev–Trinajstić information content (AvgIpc) is 2.95. The maximum Gasteiger partial charge on any atom is 0.325 e. The van der Waals surface area contributed by atoms with Crippen molar-refractivity contribution in [3.63, 3.8) is 0 Å². The first-order valence-electron chi connectivity index (χ1n) is 12.2. The standard InChI is InChI=1S/C14H18ClNO4.C14H18N2O3/c1-10-4-5-11(12(6-10)19-2)8-16(13(17)7-15)9-14(18)20-3;1-10-4-5-11(12(6-10)18-2)8-16-9-13(19-3)15-7-14(16)17/h4-6H,7-9H2,1-3H3;4-6H,7-9H2,1-3H3. The summed E-state index contributed by atoms with van der Waals surface area (Å²) in [6.45, 7) is 5.12. The third kappa shape index (κ3) is 9.47. The van der Waals surface area contributed by atoms with Crippen LogP contribution in [0.4, 0.5) is 0 Å². The molecule has 1 aliphatic heterocycles. The summed E-state index contributed by atoms with van der Waals surface area (Å²) in [6, 6.07) is 11.6. The lowest BCUT2D eigenvalue weighted by Gasteiger charge is -2.26. The zero-order chi connectivity index (χ0) is 28.9. The molecule has 0 saturated heterocycles. The second-order valence-electron chi connectivity index (χ2n) is 8.75. The number of ether oxygens (including phenoxy) is 4. The third-order valence-corrected chi connectivity index (χ3v) is 6.16. The monoisotopic (exact) mass is 561 g/mol. The molecule has 39 heavy (non-hydrogen) atoms. The summed E-state index contributed by atoms with van der Waals surface area (Å²) in [6.07, 6.45) is 0. The minimum absolute atomic E-state index is 0.00317. The molecule has 0 fully saturated rings. The molecular weight excluding hydrogens is 526 g/mol. The van der Waals surface area contributed by atoms with E-state index in [4.69, 9.17) is 25.8 Å². The van der Waals surface area contributed by atoms with Crippen LogP contribution in [-0.2, 0) is 36.9 Å². The molecule has 0 atom stereocenters. The normalized spacial score (nSPS) is 12.5. The molecule has 0 N–H and O–H groups in total. The van der Waals surface area contributed by atoms with Gasteiger partial charge in [0.25, 0.3) is 0 Å². The van der Waals surface area contributed by atoms with Gasteiger partial charge in [0.05, 0.1) is 35.0 Å².